The first-order valence-electron chi connectivity index (χ1n) is 7.70. The van der Waals surface area contributed by atoms with Gasteiger partial charge in [0.1, 0.15) is 12.4 Å². The van der Waals surface area contributed by atoms with Gasteiger partial charge in [-0.1, -0.05) is 17.7 Å². The van der Waals surface area contributed by atoms with Crippen molar-refractivity contribution in [3.8, 4) is 5.75 Å². The topological polar surface area (TPSA) is 119 Å². The van der Waals surface area contributed by atoms with Gasteiger partial charge in [0.2, 0.25) is 17.5 Å². The Labute approximate surface area is 148 Å². The third kappa shape index (κ3) is 4.07. The second kappa shape index (κ2) is 7.51. The van der Waals surface area contributed by atoms with Crippen LogP contribution in [0, 0.1) is 6.92 Å². The molecule has 0 aliphatic carbocycles. The number of hydrogen-bond acceptors (Lipinski definition) is 7. The summed E-state index contributed by atoms with van der Waals surface area (Å²) in [4.78, 5) is 23.5. The first-order valence-corrected chi connectivity index (χ1v) is 7.70. The Morgan fingerprint density at radius 3 is 2.46 bits per heavy atom. The van der Waals surface area contributed by atoms with Crippen molar-refractivity contribution in [2.45, 2.75) is 20.5 Å². The SMILES string of the molecule is CC(=O)Nc1nonc1NC(=O)c1ccoc1COc1ccc(C)cc1. The molecule has 0 saturated carbocycles. The molecule has 1 aromatic carbocycles. The number of ether oxygens (including phenoxy) is 1. The van der Waals surface area contributed by atoms with Crippen LogP contribution in [0.2, 0.25) is 0 Å². The highest BCUT2D eigenvalue weighted by Crippen LogP contribution is 2.20. The Kier molecular flexibility index (Phi) is 4.97. The first kappa shape index (κ1) is 17.2. The maximum Gasteiger partial charge on any atom is 0.260 e. The molecule has 0 atom stereocenters. The maximum atomic E-state index is 12.4. The summed E-state index contributed by atoms with van der Waals surface area (Å²) in [6.45, 7) is 3.36. The lowest BCUT2D eigenvalue weighted by molar-refractivity contribution is -0.114. The van der Waals surface area contributed by atoms with Gasteiger partial charge in [-0.2, -0.15) is 0 Å². The van der Waals surface area contributed by atoms with E-state index in [1.54, 1.807) is 0 Å². The van der Waals surface area contributed by atoms with E-state index < -0.39 is 5.91 Å². The van der Waals surface area contributed by atoms with Crippen molar-refractivity contribution in [2.75, 3.05) is 10.6 Å². The molecule has 2 aromatic heterocycles. The fraction of sp³-hybridized carbons (Fsp3) is 0.176. The summed E-state index contributed by atoms with van der Waals surface area (Å²) in [5.41, 5.74) is 1.39. The van der Waals surface area contributed by atoms with Gasteiger partial charge in [0.05, 0.1) is 11.8 Å². The van der Waals surface area contributed by atoms with E-state index in [0.29, 0.717) is 11.5 Å². The number of aryl methyl sites for hydroxylation is 1. The van der Waals surface area contributed by atoms with E-state index in [4.69, 9.17) is 9.15 Å². The Morgan fingerprint density at radius 1 is 1.08 bits per heavy atom. The van der Waals surface area contributed by atoms with Crippen LogP contribution in [0.25, 0.3) is 0 Å². The standard InChI is InChI=1S/C17H16N4O5/c1-10-3-5-12(6-4-10)25-9-14-13(7-8-24-14)17(23)19-16-15(18-11(2)22)20-26-21-16/h3-8H,9H2,1-2H3,(H,18,20,22)(H,19,21,23). The molecule has 0 spiro atoms. The molecule has 3 rings (SSSR count). The van der Waals surface area contributed by atoms with Gasteiger partial charge in [-0.3, -0.25) is 9.59 Å². The molecular weight excluding hydrogens is 340 g/mol. The summed E-state index contributed by atoms with van der Waals surface area (Å²) in [6, 6.07) is 9.02. The number of benzene rings is 1. The molecule has 9 nitrogen and oxygen atoms in total. The number of rotatable bonds is 6. The van der Waals surface area contributed by atoms with E-state index in [1.165, 1.54) is 19.3 Å². The van der Waals surface area contributed by atoms with Crippen molar-refractivity contribution >= 4 is 23.5 Å². The smallest absolute Gasteiger partial charge is 0.260 e. The molecule has 0 fully saturated rings. The summed E-state index contributed by atoms with van der Waals surface area (Å²) in [6.07, 6.45) is 1.39. The van der Waals surface area contributed by atoms with Crippen molar-refractivity contribution in [3.63, 3.8) is 0 Å². The lowest BCUT2D eigenvalue weighted by Gasteiger charge is -2.07. The number of nitrogens with one attached hydrogen (secondary N) is 2. The van der Waals surface area contributed by atoms with E-state index in [1.807, 2.05) is 31.2 Å². The highest BCUT2D eigenvalue weighted by Gasteiger charge is 2.19. The monoisotopic (exact) mass is 356 g/mol. The third-order valence-electron chi connectivity index (χ3n) is 3.40. The number of nitrogens with zero attached hydrogens (tertiary/aromatic N) is 2. The van der Waals surface area contributed by atoms with Crippen molar-refractivity contribution in [2.24, 2.45) is 0 Å². The van der Waals surface area contributed by atoms with E-state index in [-0.39, 0.29) is 29.7 Å². The van der Waals surface area contributed by atoms with Gasteiger partial charge in [-0.05, 0) is 35.4 Å². The normalized spacial score (nSPS) is 10.4. The van der Waals surface area contributed by atoms with Crippen molar-refractivity contribution in [3.05, 3.63) is 53.5 Å². The minimum atomic E-state index is -0.497. The molecule has 3 aromatic rings. The number of carbonyl (C=O) groups is 2. The summed E-state index contributed by atoms with van der Waals surface area (Å²) in [5, 5.41) is 12.0. The minimum absolute atomic E-state index is 0.00296. The maximum absolute atomic E-state index is 12.4. The van der Waals surface area contributed by atoms with Gasteiger partial charge in [0.25, 0.3) is 5.91 Å². The zero-order chi connectivity index (χ0) is 18.5. The fourth-order valence-electron chi connectivity index (χ4n) is 2.13. The molecule has 2 heterocycles. The Balaban J connectivity index is 1.67. The van der Waals surface area contributed by atoms with E-state index >= 15 is 0 Å². The van der Waals surface area contributed by atoms with E-state index in [2.05, 4.69) is 25.6 Å². The van der Waals surface area contributed by atoms with Crippen LogP contribution in [-0.4, -0.2) is 22.1 Å². The number of hydrogen-bond donors (Lipinski definition) is 2. The second-order valence-corrected chi connectivity index (χ2v) is 5.46. The molecule has 2 N–H and O–H groups in total. The van der Waals surface area contributed by atoms with Crippen LogP contribution in [0.1, 0.15) is 28.6 Å². The van der Waals surface area contributed by atoms with Crippen LogP contribution in [-0.2, 0) is 11.4 Å². The van der Waals surface area contributed by atoms with Crippen LogP contribution >= 0.6 is 0 Å². The molecule has 0 aliphatic rings. The van der Waals surface area contributed by atoms with E-state index in [0.717, 1.165) is 5.56 Å². The van der Waals surface area contributed by atoms with Crippen LogP contribution in [0.5, 0.6) is 5.75 Å². The molecule has 0 radical (unpaired) electrons. The lowest BCUT2D eigenvalue weighted by Crippen LogP contribution is -2.16. The molecule has 0 unspecified atom stereocenters. The van der Waals surface area contributed by atoms with Crippen LogP contribution in [0.3, 0.4) is 0 Å². The number of carbonyl (C=O) groups excluding carboxylic acids is 2. The van der Waals surface area contributed by atoms with Crippen molar-refractivity contribution < 1.29 is 23.4 Å². The molecule has 0 saturated heterocycles. The summed E-state index contributed by atoms with van der Waals surface area (Å²) in [5.74, 6) is 0.159. The lowest BCUT2D eigenvalue weighted by atomic mass is 10.2. The Morgan fingerprint density at radius 2 is 1.77 bits per heavy atom. The Hall–Kier alpha value is -3.62. The zero-order valence-electron chi connectivity index (χ0n) is 14.1. The number of furan rings is 1. The van der Waals surface area contributed by atoms with Gasteiger partial charge in [0.15, 0.2) is 5.76 Å². The van der Waals surface area contributed by atoms with Gasteiger partial charge in [-0.15, -0.1) is 0 Å². The molecule has 9 heteroatoms. The molecule has 2 amide bonds. The Bertz CT molecular complexity index is 913. The number of aromatic nitrogens is 2. The first-order chi connectivity index (χ1) is 12.5. The second-order valence-electron chi connectivity index (χ2n) is 5.46. The zero-order valence-corrected chi connectivity index (χ0v) is 14.1. The van der Waals surface area contributed by atoms with Gasteiger partial charge >= 0.3 is 0 Å². The van der Waals surface area contributed by atoms with E-state index in [9.17, 15) is 9.59 Å². The molecule has 0 bridgehead atoms. The predicted molar refractivity (Wildman–Crippen MR) is 90.8 cm³/mol. The van der Waals surface area contributed by atoms with Gasteiger partial charge < -0.3 is 19.8 Å². The largest absolute Gasteiger partial charge is 0.486 e. The summed E-state index contributed by atoms with van der Waals surface area (Å²) < 4.78 is 15.5. The summed E-state index contributed by atoms with van der Waals surface area (Å²) in [7, 11) is 0. The minimum Gasteiger partial charge on any atom is -0.486 e. The molecule has 26 heavy (non-hydrogen) atoms. The fourth-order valence-corrected chi connectivity index (χ4v) is 2.13. The average molecular weight is 356 g/mol. The average Bonchev–Trinajstić information content (AvgIpc) is 3.23. The highest BCUT2D eigenvalue weighted by atomic mass is 16.6. The quantitative estimate of drug-likeness (QED) is 0.697. The van der Waals surface area contributed by atoms with Crippen LogP contribution in [0.15, 0.2) is 45.6 Å². The number of anilines is 2. The number of amides is 2. The highest BCUT2D eigenvalue weighted by molar-refractivity contribution is 6.06. The molecule has 134 valence electrons. The third-order valence-corrected chi connectivity index (χ3v) is 3.40. The molecule has 0 aliphatic heterocycles. The predicted octanol–water partition coefficient (Wildman–Crippen LogP) is 2.76. The van der Waals surface area contributed by atoms with Gasteiger partial charge in [-0.25, -0.2) is 4.63 Å². The van der Waals surface area contributed by atoms with Crippen LogP contribution in [0.4, 0.5) is 11.6 Å². The van der Waals surface area contributed by atoms with Gasteiger partial charge in [0, 0.05) is 6.92 Å². The van der Waals surface area contributed by atoms with Crippen LogP contribution < -0.4 is 15.4 Å². The van der Waals surface area contributed by atoms with Crippen molar-refractivity contribution in [1.29, 1.82) is 0 Å². The van der Waals surface area contributed by atoms with Crippen molar-refractivity contribution in [1.82, 2.24) is 10.3 Å². The summed E-state index contributed by atoms with van der Waals surface area (Å²) >= 11 is 0. The molecular formula is C17H16N4O5.